The Morgan fingerprint density at radius 2 is 2.00 bits per heavy atom. The Hall–Kier alpha value is -1.26. The van der Waals surface area contributed by atoms with Gasteiger partial charge in [0.05, 0.1) is 6.10 Å². The molecule has 5 N–H and O–H groups in total. The van der Waals surface area contributed by atoms with Gasteiger partial charge in [0.15, 0.2) is 11.5 Å². The number of aliphatic hydroxyl groups excluding tert-OH is 1. The summed E-state index contributed by atoms with van der Waals surface area (Å²) < 4.78 is 0. The van der Waals surface area contributed by atoms with Gasteiger partial charge in [0.2, 0.25) is 0 Å². The van der Waals surface area contributed by atoms with Crippen LogP contribution in [-0.4, -0.2) is 21.9 Å². The molecule has 1 atom stereocenters. The highest BCUT2D eigenvalue weighted by Gasteiger charge is 2.13. The SMILES string of the molecule is Cc1c(C(O)CN)ccc(O)c1O. The molecule has 0 heterocycles. The van der Waals surface area contributed by atoms with E-state index in [9.17, 15) is 10.2 Å². The first-order valence-corrected chi connectivity index (χ1v) is 3.97. The lowest BCUT2D eigenvalue weighted by molar-refractivity contribution is 0.185. The smallest absolute Gasteiger partial charge is 0.160 e. The number of hydrogen-bond acceptors (Lipinski definition) is 4. The molecule has 1 rings (SSSR count). The van der Waals surface area contributed by atoms with Gasteiger partial charge in [-0.15, -0.1) is 0 Å². The van der Waals surface area contributed by atoms with Gasteiger partial charge in [0.1, 0.15) is 0 Å². The Balaban J connectivity index is 3.18. The summed E-state index contributed by atoms with van der Waals surface area (Å²) >= 11 is 0. The van der Waals surface area contributed by atoms with Gasteiger partial charge in [-0.05, 0) is 18.6 Å². The van der Waals surface area contributed by atoms with Gasteiger partial charge in [-0.1, -0.05) is 6.07 Å². The van der Waals surface area contributed by atoms with Gasteiger partial charge in [0, 0.05) is 12.1 Å². The number of nitrogens with two attached hydrogens (primary N) is 1. The third kappa shape index (κ3) is 1.74. The quantitative estimate of drug-likeness (QED) is 0.500. The van der Waals surface area contributed by atoms with Crippen LogP contribution < -0.4 is 5.73 Å². The molecule has 1 aromatic carbocycles. The second kappa shape index (κ2) is 3.64. The van der Waals surface area contributed by atoms with Crippen LogP contribution in [0.4, 0.5) is 0 Å². The van der Waals surface area contributed by atoms with Crippen LogP contribution in [0, 0.1) is 6.92 Å². The predicted octanol–water partition coefficient (Wildman–Crippen LogP) is 0.398. The van der Waals surface area contributed by atoms with Crippen molar-refractivity contribution in [1.29, 1.82) is 0 Å². The van der Waals surface area contributed by atoms with E-state index in [0.29, 0.717) is 11.1 Å². The van der Waals surface area contributed by atoms with E-state index in [1.165, 1.54) is 6.07 Å². The molecule has 1 aromatic rings. The summed E-state index contributed by atoms with van der Waals surface area (Å²) in [5.74, 6) is -0.393. The van der Waals surface area contributed by atoms with E-state index in [1.54, 1.807) is 13.0 Å². The Morgan fingerprint density at radius 3 is 2.54 bits per heavy atom. The molecule has 0 aromatic heterocycles. The highest BCUT2D eigenvalue weighted by molar-refractivity contribution is 5.48. The molecule has 4 nitrogen and oxygen atoms in total. The Bertz CT molecular complexity index is 312. The number of rotatable bonds is 2. The molecule has 1 unspecified atom stereocenters. The van der Waals surface area contributed by atoms with Crippen molar-refractivity contribution in [3.63, 3.8) is 0 Å². The first-order valence-electron chi connectivity index (χ1n) is 3.97. The molecule has 0 spiro atoms. The van der Waals surface area contributed by atoms with Crippen LogP contribution in [0.3, 0.4) is 0 Å². The minimum atomic E-state index is -0.800. The van der Waals surface area contributed by atoms with Gasteiger partial charge in [-0.25, -0.2) is 0 Å². The summed E-state index contributed by atoms with van der Waals surface area (Å²) in [5.41, 5.74) is 6.26. The molecule has 0 aliphatic heterocycles. The minimum absolute atomic E-state index is 0.0883. The number of benzene rings is 1. The normalized spacial score (nSPS) is 12.8. The maximum absolute atomic E-state index is 9.41. The van der Waals surface area contributed by atoms with Crippen LogP contribution in [0.1, 0.15) is 17.2 Å². The van der Waals surface area contributed by atoms with Crippen molar-refractivity contribution >= 4 is 0 Å². The topological polar surface area (TPSA) is 86.7 Å². The summed E-state index contributed by atoms with van der Waals surface area (Å²) in [7, 11) is 0. The zero-order chi connectivity index (χ0) is 10.0. The Labute approximate surface area is 76.2 Å². The lowest BCUT2D eigenvalue weighted by Crippen LogP contribution is -2.12. The zero-order valence-electron chi connectivity index (χ0n) is 7.36. The zero-order valence-corrected chi connectivity index (χ0v) is 7.36. The molecule has 4 heteroatoms. The molecule has 0 aliphatic rings. The van der Waals surface area contributed by atoms with E-state index < -0.39 is 6.10 Å². The fourth-order valence-corrected chi connectivity index (χ4v) is 1.19. The number of aromatic hydroxyl groups is 2. The van der Waals surface area contributed by atoms with Crippen LogP contribution in [-0.2, 0) is 0 Å². The standard InChI is InChI=1S/C9H13NO3/c1-5-6(8(12)4-10)2-3-7(11)9(5)13/h2-3,8,11-13H,4,10H2,1H3. The Morgan fingerprint density at radius 1 is 1.38 bits per heavy atom. The molecule has 0 radical (unpaired) electrons. The fraction of sp³-hybridized carbons (Fsp3) is 0.333. The van der Waals surface area contributed by atoms with Gasteiger partial charge in [-0.3, -0.25) is 0 Å². The van der Waals surface area contributed by atoms with E-state index in [-0.39, 0.29) is 18.0 Å². The maximum Gasteiger partial charge on any atom is 0.160 e. The molecule has 72 valence electrons. The first-order chi connectivity index (χ1) is 6.07. The number of phenolic OH excluding ortho intramolecular Hbond substituents is 2. The molecular weight excluding hydrogens is 170 g/mol. The van der Waals surface area contributed by atoms with Gasteiger partial charge in [0.25, 0.3) is 0 Å². The van der Waals surface area contributed by atoms with E-state index in [2.05, 4.69) is 0 Å². The average Bonchev–Trinajstić information content (AvgIpc) is 2.13. The van der Waals surface area contributed by atoms with E-state index in [0.717, 1.165) is 0 Å². The summed E-state index contributed by atoms with van der Waals surface area (Å²) in [6, 6.07) is 2.87. The summed E-state index contributed by atoms with van der Waals surface area (Å²) in [4.78, 5) is 0. The van der Waals surface area contributed by atoms with Gasteiger partial charge < -0.3 is 21.1 Å². The second-order valence-corrected chi connectivity index (χ2v) is 2.90. The largest absolute Gasteiger partial charge is 0.504 e. The molecule has 0 bridgehead atoms. The second-order valence-electron chi connectivity index (χ2n) is 2.90. The predicted molar refractivity (Wildman–Crippen MR) is 48.5 cm³/mol. The molecule has 13 heavy (non-hydrogen) atoms. The number of aliphatic hydroxyl groups is 1. The van der Waals surface area contributed by atoms with Crippen molar-refractivity contribution in [2.45, 2.75) is 13.0 Å². The van der Waals surface area contributed by atoms with Crippen LogP contribution in [0.25, 0.3) is 0 Å². The molecule has 0 fully saturated rings. The summed E-state index contributed by atoms with van der Waals surface area (Å²) in [6.07, 6.45) is -0.800. The number of hydrogen-bond donors (Lipinski definition) is 4. The third-order valence-electron chi connectivity index (χ3n) is 2.03. The minimum Gasteiger partial charge on any atom is -0.504 e. The highest BCUT2D eigenvalue weighted by Crippen LogP contribution is 2.32. The lowest BCUT2D eigenvalue weighted by atomic mass is 10.0. The molecule has 0 amide bonds. The monoisotopic (exact) mass is 183 g/mol. The van der Waals surface area contributed by atoms with E-state index in [4.69, 9.17) is 10.8 Å². The van der Waals surface area contributed by atoms with Crippen molar-refractivity contribution in [2.75, 3.05) is 6.54 Å². The van der Waals surface area contributed by atoms with E-state index in [1.807, 2.05) is 0 Å². The van der Waals surface area contributed by atoms with Crippen LogP contribution in [0.2, 0.25) is 0 Å². The highest BCUT2D eigenvalue weighted by atomic mass is 16.3. The van der Waals surface area contributed by atoms with Gasteiger partial charge >= 0.3 is 0 Å². The van der Waals surface area contributed by atoms with Crippen molar-refractivity contribution < 1.29 is 15.3 Å². The average molecular weight is 183 g/mol. The van der Waals surface area contributed by atoms with Crippen molar-refractivity contribution in [2.24, 2.45) is 5.73 Å². The molecular formula is C9H13NO3. The molecule has 0 aliphatic carbocycles. The number of phenols is 2. The summed E-state index contributed by atoms with van der Waals surface area (Å²) in [6.45, 7) is 1.70. The summed E-state index contributed by atoms with van der Waals surface area (Å²) in [5, 5.41) is 27.9. The molecule has 0 saturated carbocycles. The lowest BCUT2D eigenvalue weighted by Gasteiger charge is -2.12. The Kier molecular flexibility index (Phi) is 2.75. The fourth-order valence-electron chi connectivity index (χ4n) is 1.19. The van der Waals surface area contributed by atoms with Crippen LogP contribution >= 0.6 is 0 Å². The van der Waals surface area contributed by atoms with Gasteiger partial charge in [-0.2, -0.15) is 0 Å². The third-order valence-corrected chi connectivity index (χ3v) is 2.03. The van der Waals surface area contributed by atoms with Crippen molar-refractivity contribution in [3.05, 3.63) is 23.3 Å². The van der Waals surface area contributed by atoms with Crippen molar-refractivity contribution in [1.82, 2.24) is 0 Å². The molecule has 0 saturated heterocycles. The van der Waals surface area contributed by atoms with Crippen molar-refractivity contribution in [3.8, 4) is 11.5 Å². The van der Waals surface area contributed by atoms with Crippen LogP contribution in [0.5, 0.6) is 11.5 Å². The van der Waals surface area contributed by atoms with E-state index >= 15 is 0 Å². The first kappa shape index (κ1) is 9.83. The van der Waals surface area contributed by atoms with Crippen LogP contribution in [0.15, 0.2) is 12.1 Å². The maximum atomic E-state index is 9.41.